The van der Waals surface area contributed by atoms with Crippen molar-refractivity contribution in [1.29, 1.82) is 0 Å². The fourth-order valence-corrected chi connectivity index (χ4v) is 3.61. The summed E-state index contributed by atoms with van der Waals surface area (Å²) in [4.78, 5) is 0. The lowest BCUT2D eigenvalue weighted by Crippen LogP contribution is -2.01. The van der Waals surface area contributed by atoms with Gasteiger partial charge in [-0.15, -0.1) is 11.6 Å². The Morgan fingerprint density at radius 2 is 1.82 bits per heavy atom. The van der Waals surface area contributed by atoms with Crippen LogP contribution in [0.5, 0.6) is 0 Å². The molecule has 0 aliphatic carbocycles. The molecule has 90 valence electrons. The van der Waals surface area contributed by atoms with E-state index in [1.807, 2.05) is 0 Å². The molecule has 17 heavy (non-hydrogen) atoms. The van der Waals surface area contributed by atoms with Crippen molar-refractivity contribution in [3.8, 4) is 0 Å². The van der Waals surface area contributed by atoms with Crippen LogP contribution >= 0.6 is 22.9 Å². The standard InChI is InChI=1S/C15H17ClS/c1-10-6-11(2)15(12(3)7-10)14(16)8-13-4-5-17-9-13/h4-7,9,14H,8H2,1-3H3. The molecule has 0 radical (unpaired) electrons. The molecule has 2 rings (SSSR count). The Balaban J connectivity index is 2.27. The van der Waals surface area contributed by atoms with E-state index in [1.54, 1.807) is 11.3 Å². The van der Waals surface area contributed by atoms with Crippen LogP contribution in [0, 0.1) is 20.8 Å². The molecule has 0 nitrogen and oxygen atoms in total. The van der Waals surface area contributed by atoms with E-state index < -0.39 is 0 Å². The van der Waals surface area contributed by atoms with Crippen LogP contribution in [0.3, 0.4) is 0 Å². The van der Waals surface area contributed by atoms with Gasteiger partial charge in [0.2, 0.25) is 0 Å². The predicted octanol–water partition coefficient (Wildman–Crippen LogP) is 5.20. The largest absolute Gasteiger partial charge is 0.152 e. The first-order valence-corrected chi connectivity index (χ1v) is 7.18. The molecule has 0 saturated carbocycles. The van der Waals surface area contributed by atoms with E-state index in [0.29, 0.717) is 0 Å². The smallest absolute Gasteiger partial charge is 0.0630 e. The number of hydrogen-bond donors (Lipinski definition) is 0. The first kappa shape index (κ1) is 12.7. The summed E-state index contributed by atoms with van der Waals surface area (Å²) in [5.74, 6) is 0. The zero-order chi connectivity index (χ0) is 12.4. The maximum absolute atomic E-state index is 6.57. The van der Waals surface area contributed by atoms with Crippen molar-refractivity contribution in [2.45, 2.75) is 32.6 Å². The van der Waals surface area contributed by atoms with E-state index in [4.69, 9.17) is 11.6 Å². The molecular formula is C15H17ClS. The Morgan fingerprint density at radius 1 is 1.18 bits per heavy atom. The molecule has 2 aromatic rings. The summed E-state index contributed by atoms with van der Waals surface area (Å²) in [7, 11) is 0. The molecule has 0 amide bonds. The second kappa shape index (κ2) is 5.24. The molecule has 1 heterocycles. The topological polar surface area (TPSA) is 0 Å². The summed E-state index contributed by atoms with van der Waals surface area (Å²) in [6.07, 6.45) is 0.912. The van der Waals surface area contributed by atoms with Crippen molar-refractivity contribution >= 4 is 22.9 Å². The van der Waals surface area contributed by atoms with Crippen LogP contribution in [-0.4, -0.2) is 0 Å². The van der Waals surface area contributed by atoms with Gasteiger partial charge in [-0.3, -0.25) is 0 Å². The summed E-state index contributed by atoms with van der Waals surface area (Å²) in [5, 5.41) is 4.35. The molecular weight excluding hydrogens is 248 g/mol. The van der Waals surface area contributed by atoms with Gasteiger partial charge in [-0.05, 0) is 66.3 Å². The lowest BCUT2D eigenvalue weighted by atomic mass is 9.95. The molecule has 0 N–H and O–H groups in total. The van der Waals surface area contributed by atoms with Gasteiger partial charge in [-0.2, -0.15) is 11.3 Å². The highest BCUT2D eigenvalue weighted by molar-refractivity contribution is 7.07. The predicted molar refractivity (Wildman–Crippen MR) is 77.3 cm³/mol. The molecule has 0 aliphatic heterocycles. The van der Waals surface area contributed by atoms with Gasteiger partial charge in [-0.25, -0.2) is 0 Å². The summed E-state index contributed by atoms with van der Waals surface area (Å²) in [6, 6.07) is 6.58. The quantitative estimate of drug-likeness (QED) is 0.669. The van der Waals surface area contributed by atoms with Gasteiger partial charge in [-0.1, -0.05) is 17.7 Å². The molecule has 0 saturated heterocycles. The van der Waals surface area contributed by atoms with Gasteiger partial charge >= 0.3 is 0 Å². The van der Waals surface area contributed by atoms with Gasteiger partial charge < -0.3 is 0 Å². The molecule has 1 atom stereocenters. The fraction of sp³-hybridized carbons (Fsp3) is 0.333. The van der Waals surface area contributed by atoms with Crippen molar-refractivity contribution in [1.82, 2.24) is 0 Å². The molecule has 1 unspecified atom stereocenters. The van der Waals surface area contributed by atoms with Gasteiger partial charge in [0.05, 0.1) is 5.38 Å². The average molecular weight is 265 g/mol. The maximum Gasteiger partial charge on any atom is 0.0630 e. The minimum Gasteiger partial charge on any atom is -0.152 e. The number of benzene rings is 1. The second-order valence-electron chi connectivity index (χ2n) is 4.62. The van der Waals surface area contributed by atoms with Crippen LogP contribution in [-0.2, 0) is 6.42 Å². The van der Waals surface area contributed by atoms with Gasteiger partial charge in [0.15, 0.2) is 0 Å². The molecule has 2 heteroatoms. The van der Waals surface area contributed by atoms with E-state index in [0.717, 1.165) is 6.42 Å². The molecule has 1 aromatic carbocycles. The van der Waals surface area contributed by atoms with Crippen molar-refractivity contribution in [3.05, 3.63) is 56.8 Å². The Bertz CT molecular complexity index is 477. The van der Waals surface area contributed by atoms with E-state index in [1.165, 1.54) is 27.8 Å². The monoisotopic (exact) mass is 264 g/mol. The van der Waals surface area contributed by atoms with Crippen LogP contribution in [0.1, 0.15) is 33.2 Å². The zero-order valence-electron chi connectivity index (χ0n) is 10.5. The number of alkyl halides is 1. The highest BCUT2D eigenvalue weighted by Gasteiger charge is 2.14. The van der Waals surface area contributed by atoms with E-state index in [-0.39, 0.29) is 5.38 Å². The van der Waals surface area contributed by atoms with E-state index >= 15 is 0 Å². The van der Waals surface area contributed by atoms with Crippen LogP contribution < -0.4 is 0 Å². The van der Waals surface area contributed by atoms with E-state index in [9.17, 15) is 0 Å². The molecule has 0 bridgehead atoms. The summed E-state index contributed by atoms with van der Waals surface area (Å²) in [6.45, 7) is 6.43. The fourth-order valence-electron chi connectivity index (χ4n) is 2.40. The Morgan fingerprint density at radius 3 is 2.35 bits per heavy atom. The van der Waals surface area contributed by atoms with Crippen molar-refractivity contribution in [2.24, 2.45) is 0 Å². The lowest BCUT2D eigenvalue weighted by molar-refractivity contribution is 0.902. The molecule has 1 aromatic heterocycles. The number of halogens is 1. The van der Waals surface area contributed by atoms with Gasteiger partial charge in [0.25, 0.3) is 0 Å². The first-order valence-electron chi connectivity index (χ1n) is 5.81. The number of thiophene rings is 1. The van der Waals surface area contributed by atoms with Crippen LogP contribution in [0.2, 0.25) is 0 Å². The summed E-state index contributed by atoms with van der Waals surface area (Å²) in [5.41, 5.74) is 6.54. The highest BCUT2D eigenvalue weighted by Crippen LogP contribution is 2.31. The second-order valence-corrected chi connectivity index (χ2v) is 5.92. The van der Waals surface area contributed by atoms with Crippen LogP contribution in [0.4, 0.5) is 0 Å². The van der Waals surface area contributed by atoms with Crippen molar-refractivity contribution in [3.63, 3.8) is 0 Å². The SMILES string of the molecule is Cc1cc(C)c(C(Cl)Cc2ccsc2)c(C)c1. The van der Waals surface area contributed by atoms with Crippen molar-refractivity contribution in [2.75, 3.05) is 0 Å². The number of rotatable bonds is 3. The molecule has 0 fully saturated rings. The maximum atomic E-state index is 6.57. The molecule has 0 spiro atoms. The number of aryl methyl sites for hydroxylation is 3. The van der Waals surface area contributed by atoms with Gasteiger partial charge in [0.1, 0.15) is 0 Å². The Hall–Kier alpha value is -0.790. The third-order valence-electron chi connectivity index (χ3n) is 3.05. The highest BCUT2D eigenvalue weighted by atomic mass is 35.5. The first-order chi connectivity index (χ1) is 8.08. The molecule has 0 aliphatic rings. The van der Waals surface area contributed by atoms with Crippen LogP contribution in [0.15, 0.2) is 29.0 Å². The normalized spacial score (nSPS) is 12.7. The lowest BCUT2D eigenvalue weighted by Gasteiger charge is -2.16. The minimum atomic E-state index is 0.0743. The van der Waals surface area contributed by atoms with Gasteiger partial charge in [0, 0.05) is 0 Å². The van der Waals surface area contributed by atoms with E-state index in [2.05, 4.69) is 49.7 Å². The summed E-state index contributed by atoms with van der Waals surface area (Å²) < 4.78 is 0. The van der Waals surface area contributed by atoms with Crippen molar-refractivity contribution < 1.29 is 0 Å². The minimum absolute atomic E-state index is 0.0743. The Labute approximate surface area is 112 Å². The Kier molecular flexibility index (Phi) is 3.90. The zero-order valence-corrected chi connectivity index (χ0v) is 12.0. The average Bonchev–Trinajstić information content (AvgIpc) is 2.68. The van der Waals surface area contributed by atoms with Crippen LogP contribution in [0.25, 0.3) is 0 Å². The third kappa shape index (κ3) is 2.91. The third-order valence-corrected chi connectivity index (χ3v) is 4.15. The number of hydrogen-bond acceptors (Lipinski definition) is 1. The summed E-state index contributed by atoms with van der Waals surface area (Å²) >= 11 is 8.29.